The van der Waals surface area contributed by atoms with Crippen LogP contribution in [0.2, 0.25) is 0 Å². The van der Waals surface area contributed by atoms with Crippen molar-refractivity contribution in [3.05, 3.63) is 0 Å². The van der Waals surface area contributed by atoms with E-state index in [-0.39, 0.29) is 11.1 Å². The molecule has 8 heteroatoms. The van der Waals surface area contributed by atoms with Gasteiger partial charge in [0.15, 0.2) is 6.10 Å². The van der Waals surface area contributed by atoms with Crippen LogP contribution in [0.15, 0.2) is 0 Å². The molecule has 0 spiro atoms. The van der Waals surface area contributed by atoms with Crippen molar-refractivity contribution in [3.8, 4) is 0 Å². The Hall–Kier alpha value is -0.770. The summed E-state index contributed by atoms with van der Waals surface area (Å²) in [6, 6.07) is 0. The predicted octanol–water partition coefficient (Wildman–Crippen LogP) is 11.3. The molecule has 1 aliphatic rings. The molecule has 0 aromatic carbocycles. The van der Waals surface area contributed by atoms with E-state index in [0.717, 1.165) is 38.5 Å². The molecule has 1 amide bonds. The highest BCUT2D eigenvalue weighted by Crippen LogP contribution is 2.32. The summed E-state index contributed by atoms with van der Waals surface area (Å²) in [6.07, 6.45) is 33.3. The largest absolute Gasteiger partial charge is 0.518 e. The lowest BCUT2D eigenvalue weighted by molar-refractivity contribution is -0.915. The minimum absolute atomic E-state index is 0.203. The van der Waals surface area contributed by atoms with E-state index >= 15 is 0 Å². The Kier molecular flexibility index (Phi) is 32.7. The van der Waals surface area contributed by atoms with Crippen molar-refractivity contribution in [2.24, 2.45) is 0 Å². The monoisotopic (exact) mass is 757 g/mol. The SMILES string of the molecule is CCCCCCCCCCCCCCCCCC[N+](CCCCCCCCCCCCCCCCCC)(C(=O)OCC)C1O[C@H](CO)[C@H](O)[C@H](O)[C@H]1O. The van der Waals surface area contributed by atoms with Crippen LogP contribution in [0.1, 0.15) is 226 Å². The summed E-state index contributed by atoms with van der Waals surface area (Å²) in [5.74, 6) is 0. The van der Waals surface area contributed by atoms with Gasteiger partial charge in [-0.3, -0.25) is 0 Å². The lowest BCUT2D eigenvalue weighted by Gasteiger charge is -2.48. The van der Waals surface area contributed by atoms with Gasteiger partial charge in [0.2, 0.25) is 6.23 Å². The van der Waals surface area contributed by atoms with Crippen LogP contribution in [0.3, 0.4) is 0 Å². The number of aliphatic hydroxyl groups excluding tert-OH is 4. The van der Waals surface area contributed by atoms with Gasteiger partial charge < -0.3 is 29.9 Å². The van der Waals surface area contributed by atoms with Gasteiger partial charge in [0.05, 0.1) is 26.3 Å². The Morgan fingerprint density at radius 2 is 0.774 bits per heavy atom. The van der Waals surface area contributed by atoms with Crippen LogP contribution in [0.4, 0.5) is 4.79 Å². The third kappa shape index (κ3) is 22.5. The predicted molar refractivity (Wildman–Crippen MR) is 220 cm³/mol. The minimum Gasteiger partial charge on any atom is -0.420 e. The van der Waals surface area contributed by atoms with Crippen LogP contribution >= 0.6 is 0 Å². The molecule has 4 N–H and O–H groups in total. The maximum atomic E-state index is 13.8. The molecular weight excluding hydrogens is 666 g/mol. The van der Waals surface area contributed by atoms with Gasteiger partial charge in [-0.1, -0.05) is 194 Å². The fourth-order valence-electron chi connectivity index (χ4n) is 8.28. The number of aliphatic hydroxyl groups is 4. The van der Waals surface area contributed by atoms with Gasteiger partial charge >= 0.3 is 6.09 Å². The number of amides is 1. The third-order valence-electron chi connectivity index (χ3n) is 11.8. The van der Waals surface area contributed by atoms with E-state index in [9.17, 15) is 25.2 Å². The topological polar surface area (TPSA) is 116 Å². The molecule has 0 aliphatic carbocycles. The molecule has 53 heavy (non-hydrogen) atoms. The second-order valence-electron chi connectivity index (χ2n) is 16.5. The van der Waals surface area contributed by atoms with E-state index in [0.29, 0.717) is 13.1 Å². The van der Waals surface area contributed by atoms with Gasteiger partial charge in [-0.05, 0) is 32.6 Å². The summed E-state index contributed by atoms with van der Waals surface area (Å²) < 4.78 is 11.5. The van der Waals surface area contributed by atoms with E-state index in [1.54, 1.807) is 6.92 Å². The van der Waals surface area contributed by atoms with Crippen molar-refractivity contribution >= 4 is 6.09 Å². The van der Waals surface area contributed by atoms with E-state index in [1.165, 1.54) is 167 Å². The Balaban J connectivity index is 2.54. The average Bonchev–Trinajstić information content (AvgIpc) is 3.16. The fraction of sp³-hybridized carbons (Fsp3) is 0.978. The Morgan fingerprint density at radius 3 is 1.06 bits per heavy atom. The number of carbonyl (C=O) groups is 1. The second kappa shape index (κ2) is 34.5. The summed E-state index contributed by atoms with van der Waals surface area (Å²) in [5.41, 5.74) is 0. The van der Waals surface area contributed by atoms with Crippen LogP contribution in [0.25, 0.3) is 0 Å². The molecule has 0 saturated carbocycles. The van der Waals surface area contributed by atoms with Crippen LogP contribution in [-0.4, -0.2) is 87.9 Å². The molecule has 5 atom stereocenters. The zero-order valence-electron chi connectivity index (χ0n) is 35.3. The minimum atomic E-state index is -1.52. The van der Waals surface area contributed by atoms with E-state index in [1.807, 2.05) is 0 Å². The molecule has 1 unspecified atom stereocenters. The fourth-order valence-corrected chi connectivity index (χ4v) is 8.28. The van der Waals surface area contributed by atoms with Crippen LogP contribution in [-0.2, 0) is 9.47 Å². The molecule has 0 bridgehead atoms. The molecule has 0 radical (unpaired) electrons. The van der Waals surface area contributed by atoms with Crippen molar-refractivity contribution in [2.45, 2.75) is 257 Å². The van der Waals surface area contributed by atoms with Crippen molar-refractivity contribution < 1.29 is 39.2 Å². The summed E-state index contributed by atoms with van der Waals surface area (Å²) in [6.45, 7) is 6.87. The van der Waals surface area contributed by atoms with E-state index in [4.69, 9.17) is 9.47 Å². The van der Waals surface area contributed by atoms with Gasteiger partial charge in [0.1, 0.15) is 18.3 Å². The highest BCUT2D eigenvalue weighted by atomic mass is 16.6. The Labute approximate surface area is 327 Å². The Bertz CT molecular complexity index is 776. The number of rotatable bonds is 37. The quantitative estimate of drug-likeness (QED) is 0.0368. The molecule has 1 aliphatic heterocycles. The van der Waals surface area contributed by atoms with Gasteiger partial charge in [-0.2, -0.15) is 9.28 Å². The first-order valence-electron chi connectivity index (χ1n) is 23.2. The first-order chi connectivity index (χ1) is 25.9. The number of quaternary nitrogens is 1. The summed E-state index contributed by atoms with van der Waals surface area (Å²) in [7, 11) is 0. The summed E-state index contributed by atoms with van der Waals surface area (Å²) in [5, 5.41) is 42.4. The van der Waals surface area contributed by atoms with Gasteiger partial charge in [-0.25, -0.2) is 0 Å². The number of ether oxygens (including phenoxy) is 2. The van der Waals surface area contributed by atoms with E-state index in [2.05, 4.69) is 13.8 Å². The lowest BCUT2D eigenvalue weighted by atomic mass is 9.96. The first-order valence-corrected chi connectivity index (χ1v) is 23.2. The van der Waals surface area contributed by atoms with Crippen LogP contribution in [0.5, 0.6) is 0 Å². The van der Waals surface area contributed by atoms with E-state index < -0.39 is 43.3 Å². The normalized spacial score (nSPS) is 20.6. The number of hydrogen-bond acceptors (Lipinski definition) is 7. The highest BCUT2D eigenvalue weighted by Gasteiger charge is 2.57. The molecule has 316 valence electrons. The van der Waals surface area contributed by atoms with Gasteiger partial charge in [0, 0.05) is 0 Å². The highest BCUT2D eigenvalue weighted by molar-refractivity contribution is 5.60. The summed E-state index contributed by atoms with van der Waals surface area (Å²) >= 11 is 0. The zero-order valence-corrected chi connectivity index (χ0v) is 35.3. The molecule has 1 heterocycles. The molecule has 0 aromatic rings. The summed E-state index contributed by atoms with van der Waals surface area (Å²) in [4.78, 5) is 13.8. The maximum Gasteiger partial charge on any atom is 0.518 e. The van der Waals surface area contributed by atoms with Crippen molar-refractivity contribution in [2.75, 3.05) is 26.3 Å². The van der Waals surface area contributed by atoms with Crippen LogP contribution in [0, 0.1) is 0 Å². The number of hydrogen-bond donors (Lipinski definition) is 4. The first kappa shape index (κ1) is 50.2. The molecule has 1 fully saturated rings. The molecule has 8 nitrogen and oxygen atoms in total. The zero-order chi connectivity index (χ0) is 38.8. The third-order valence-corrected chi connectivity index (χ3v) is 11.8. The van der Waals surface area contributed by atoms with Crippen molar-refractivity contribution in [1.82, 2.24) is 0 Å². The van der Waals surface area contributed by atoms with Crippen molar-refractivity contribution in [1.29, 1.82) is 0 Å². The Morgan fingerprint density at radius 1 is 0.472 bits per heavy atom. The molecule has 1 rings (SSSR count). The number of unbranched alkanes of at least 4 members (excludes halogenated alkanes) is 30. The average molecular weight is 757 g/mol. The van der Waals surface area contributed by atoms with Crippen molar-refractivity contribution in [3.63, 3.8) is 0 Å². The maximum absolute atomic E-state index is 13.8. The van der Waals surface area contributed by atoms with Gasteiger partial charge in [-0.15, -0.1) is 0 Å². The number of carbonyl (C=O) groups excluding carboxylic acids is 1. The number of nitrogens with zero attached hydrogens (tertiary/aromatic N) is 1. The standard InChI is InChI=1S/C45H90NO7/c1-4-7-9-11-13-15-17-19-21-23-25-27-29-31-33-35-37-46(45(51)52-6-3,44-43(50)42(49)41(48)40(39-47)53-44)38-36-34-32-30-28-26-24-22-20-18-16-14-12-10-8-5-2/h40-44,47-50H,4-39H2,1-3H3/q+1/t40-,41+,42+,43-,44?/m1/s1. The van der Waals surface area contributed by atoms with Gasteiger partial charge in [0.25, 0.3) is 0 Å². The van der Waals surface area contributed by atoms with Crippen LogP contribution < -0.4 is 0 Å². The molecular formula is C45H90NO7+. The smallest absolute Gasteiger partial charge is 0.420 e. The molecule has 1 saturated heterocycles. The second-order valence-corrected chi connectivity index (χ2v) is 16.5. The molecule has 0 aromatic heterocycles. The lowest BCUT2D eigenvalue weighted by Crippen LogP contribution is -2.72.